The zero-order chi connectivity index (χ0) is 23.8. The zero-order valence-electron chi connectivity index (χ0n) is 19.8. The number of carbonyl (C=O) groups is 1. The minimum absolute atomic E-state index is 0.0813. The molecule has 1 aromatic heterocycles. The van der Waals surface area contributed by atoms with Crippen molar-refractivity contribution in [3.8, 4) is 11.4 Å². The van der Waals surface area contributed by atoms with Crippen molar-refractivity contribution < 1.29 is 13.2 Å². The summed E-state index contributed by atoms with van der Waals surface area (Å²) in [5.74, 6) is 1.72. The van der Waals surface area contributed by atoms with Crippen LogP contribution in [0, 0.1) is 0 Å². The summed E-state index contributed by atoms with van der Waals surface area (Å²) in [5.41, 5.74) is 2.37. The number of thioether (sulfide) groups is 1. The molecule has 1 atom stereocenters. The Hall–Kier alpha value is -1.91. The highest BCUT2D eigenvalue weighted by Gasteiger charge is 2.34. The molecule has 2 aliphatic heterocycles. The highest BCUT2D eigenvalue weighted by molar-refractivity contribution is 7.99. The summed E-state index contributed by atoms with van der Waals surface area (Å²) >= 11 is 1.40. The van der Waals surface area contributed by atoms with Crippen molar-refractivity contribution in [2.45, 2.75) is 43.8 Å². The summed E-state index contributed by atoms with van der Waals surface area (Å²) in [6, 6.07) is 8.50. The molecule has 33 heavy (non-hydrogen) atoms. The second-order valence-corrected chi connectivity index (χ2v) is 13.1. The number of rotatable bonds is 5. The van der Waals surface area contributed by atoms with Crippen LogP contribution in [0.25, 0.3) is 11.4 Å². The smallest absolute Gasteiger partial charge is 0.233 e. The van der Waals surface area contributed by atoms with E-state index in [1.807, 2.05) is 16.5 Å². The predicted molar refractivity (Wildman–Crippen MR) is 131 cm³/mol. The quantitative estimate of drug-likeness (QED) is 0.593. The number of piperazine rings is 1. The average Bonchev–Trinajstić information content (AvgIpc) is 3.33. The van der Waals surface area contributed by atoms with E-state index in [-0.39, 0.29) is 28.9 Å². The molecule has 0 bridgehead atoms. The lowest BCUT2D eigenvalue weighted by Gasteiger charge is -2.37. The topological polar surface area (TPSA) is 88.4 Å². The number of aromatic nitrogens is 3. The van der Waals surface area contributed by atoms with Crippen LogP contribution < -0.4 is 0 Å². The van der Waals surface area contributed by atoms with Crippen LogP contribution in [-0.4, -0.2) is 88.4 Å². The summed E-state index contributed by atoms with van der Waals surface area (Å²) in [6.07, 6.45) is 0.708. The number of hydrogen-bond donors (Lipinski definition) is 0. The van der Waals surface area contributed by atoms with E-state index in [9.17, 15) is 13.2 Å². The lowest BCUT2D eigenvalue weighted by molar-refractivity contribution is -0.130. The van der Waals surface area contributed by atoms with Gasteiger partial charge in [0, 0.05) is 44.8 Å². The maximum Gasteiger partial charge on any atom is 0.233 e. The fourth-order valence-electron chi connectivity index (χ4n) is 4.43. The van der Waals surface area contributed by atoms with Gasteiger partial charge >= 0.3 is 0 Å². The molecule has 2 saturated heterocycles. The highest BCUT2D eigenvalue weighted by Crippen LogP contribution is 2.27. The molecule has 2 aliphatic rings. The minimum atomic E-state index is -2.89. The fraction of sp³-hybridized carbons (Fsp3) is 0.609. The van der Waals surface area contributed by atoms with Gasteiger partial charge in [-0.2, -0.15) is 0 Å². The summed E-state index contributed by atoms with van der Waals surface area (Å²) in [4.78, 5) is 16.8. The van der Waals surface area contributed by atoms with Gasteiger partial charge in [0.2, 0.25) is 5.91 Å². The largest absolute Gasteiger partial charge is 0.339 e. The Balaban J connectivity index is 1.30. The first-order chi connectivity index (χ1) is 15.5. The van der Waals surface area contributed by atoms with Crippen molar-refractivity contribution in [3.05, 3.63) is 29.8 Å². The molecule has 0 aliphatic carbocycles. The number of hydrogen-bond acceptors (Lipinski definition) is 7. The van der Waals surface area contributed by atoms with Crippen LogP contribution in [0.4, 0.5) is 0 Å². The number of carbonyl (C=O) groups excluding carboxylic acids is 1. The highest BCUT2D eigenvalue weighted by atomic mass is 32.2. The molecule has 3 heterocycles. The first-order valence-electron chi connectivity index (χ1n) is 11.4. The molecule has 180 valence electrons. The fourth-order valence-corrected chi connectivity index (χ4v) is 7.00. The monoisotopic (exact) mass is 491 g/mol. The van der Waals surface area contributed by atoms with Crippen molar-refractivity contribution >= 4 is 27.5 Å². The Morgan fingerprint density at radius 2 is 1.76 bits per heavy atom. The first kappa shape index (κ1) is 24.2. The van der Waals surface area contributed by atoms with Crippen molar-refractivity contribution in [2.24, 2.45) is 7.05 Å². The van der Waals surface area contributed by atoms with E-state index < -0.39 is 9.84 Å². The Kier molecular flexibility index (Phi) is 6.89. The van der Waals surface area contributed by atoms with E-state index in [1.54, 1.807) is 0 Å². The van der Waals surface area contributed by atoms with Crippen LogP contribution in [0.2, 0.25) is 0 Å². The van der Waals surface area contributed by atoms with Gasteiger partial charge in [-0.25, -0.2) is 8.42 Å². The third-order valence-electron chi connectivity index (χ3n) is 6.56. The van der Waals surface area contributed by atoms with E-state index in [0.717, 1.165) is 24.5 Å². The molecule has 10 heteroatoms. The predicted octanol–water partition coefficient (Wildman–Crippen LogP) is 2.20. The van der Waals surface area contributed by atoms with E-state index in [4.69, 9.17) is 0 Å². The minimum Gasteiger partial charge on any atom is -0.339 e. The molecule has 0 N–H and O–H groups in total. The molecular weight excluding hydrogens is 458 g/mol. The molecule has 0 saturated carbocycles. The maximum absolute atomic E-state index is 12.8. The van der Waals surface area contributed by atoms with Gasteiger partial charge in [-0.05, 0) is 17.4 Å². The van der Waals surface area contributed by atoms with E-state index in [0.29, 0.717) is 30.4 Å². The average molecular weight is 492 g/mol. The summed E-state index contributed by atoms with van der Waals surface area (Å²) in [7, 11) is -0.961. The van der Waals surface area contributed by atoms with Gasteiger partial charge < -0.3 is 9.47 Å². The van der Waals surface area contributed by atoms with E-state index in [2.05, 4.69) is 60.1 Å². The summed E-state index contributed by atoms with van der Waals surface area (Å²) in [5, 5.41) is 9.36. The van der Waals surface area contributed by atoms with Gasteiger partial charge in [-0.1, -0.05) is 56.8 Å². The molecule has 1 unspecified atom stereocenters. The van der Waals surface area contributed by atoms with Crippen molar-refractivity contribution in [3.63, 3.8) is 0 Å². The number of sulfone groups is 1. The lowest BCUT2D eigenvalue weighted by atomic mass is 9.87. The second-order valence-electron chi connectivity index (χ2n) is 9.95. The Bertz CT molecular complexity index is 1100. The normalized spacial score (nSPS) is 21.5. The summed E-state index contributed by atoms with van der Waals surface area (Å²) < 4.78 is 25.4. The zero-order valence-corrected chi connectivity index (χ0v) is 21.5. The Labute approximate surface area is 200 Å². The third kappa shape index (κ3) is 5.60. The van der Waals surface area contributed by atoms with Gasteiger partial charge in [0.05, 0.1) is 17.3 Å². The number of amides is 1. The molecular formula is C23H33N5O3S2. The third-order valence-corrected chi connectivity index (χ3v) is 9.32. The molecule has 2 fully saturated rings. The Morgan fingerprint density at radius 1 is 1.09 bits per heavy atom. The Morgan fingerprint density at radius 3 is 2.33 bits per heavy atom. The van der Waals surface area contributed by atoms with Crippen molar-refractivity contribution in [1.29, 1.82) is 0 Å². The van der Waals surface area contributed by atoms with Crippen LogP contribution in [0.15, 0.2) is 29.4 Å². The van der Waals surface area contributed by atoms with E-state index in [1.165, 1.54) is 17.3 Å². The first-order valence-corrected chi connectivity index (χ1v) is 14.2. The maximum atomic E-state index is 12.8. The standard InChI is InChI=1S/C23H33N5O3S2/c1-23(2,3)18-7-5-17(6-8-18)21-24-25-22(26(21)4)32-15-20(29)28-12-10-27(11-13-28)19-9-14-33(30,31)16-19/h5-8,19H,9-16H2,1-4H3. The van der Waals surface area contributed by atoms with Crippen LogP contribution >= 0.6 is 11.8 Å². The number of nitrogens with zero attached hydrogens (tertiary/aromatic N) is 5. The van der Waals surface area contributed by atoms with Crippen LogP contribution in [-0.2, 0) is 27.1 Å². The molecule has 0 spiro atoms. The number of benzene rings is 1. The molecule has 2 aromatic rings. The molecule has 0 radical (unpaired) electrons. The van der Waals surface area contributed by atoms with Crippen molar-refractivity contribution in [1.82, 2.24) is 24.6 Å². The summed E-state index contributed by atoms with van der Waals surface area (Å²) in [6.45, 7) is 9.31. The molecule has 1 aromatic carbocycles. The van der Waals surface area contributed by atoms with Gasteiger partial charge in [-0.3, -0.25) is 9.69 Å². The van der Waals surface area contributed by atoms with Crippen LogP contribution in [0.5, 0.6) is 0 Å². The van der Waals surface area contributed by atoms with Crippen molar-refractivity contribution in [2.75, 3.05) is 43.4 Å². The molecule has 1 amide bonds. The van der Waals surface area contributed by atoms with Crippen LogP contribution in [0.1, 0.15) is 32.8 Å². The van der Waals surface area contributed by atoms with Gasteiger partial charge in [-0.15, -0.1) is 10.2 Å². The van der Waals surface area contributed by atoms with E-state index >= 15 is 0 Å². The lowest BCUT2D eigenvalue weighted by Crippen LogP contribution is -2.52. The SMILES string of the molecule is Cn1c(SCC(=O)N2CCN(C3CCS(=O)(=O)C3)CC2)nnc1-c1ccc(C(C)(C)C)cc1. The van der Waals surface area contributed by atoms with Gasteiger partial charge in [0.15, 0.2) is 20.8 Å². The van der Waals surface area contributed by atoms with Crippen LogP contribution in [0.3, 0.4) is 0 Å². The molecule has 4 rings (SSSR count). The molecule has 8 nitrogen and oxygen atoms in total. The van der Waals surface area contributed by atoms with Gasteiger partial charge in [0.25, 0.3) is 0 Å². The van der Waals surface area contributed by atoms with Gasteiger partial charge in [0.1, 0.15) is 0 Å². The second kappa shape index (κ2) is 9.38.